The molecular weight excluding hydrogens is 515 g/mol. The zero-order chi connectivity index (χ0) is 26.8. The fourth-order valence-corrected chi connectivity index (χ4v) is 7.04. The minimum Gasteiger partial charge on any atom is -0.389 e. The lowest BCUT2D eigenvalue weighted by atomic mass is 9.93. The summed E-state index contributed by atoms with van der Waals surface area (Å²) in [5.41, 5.74) is 5.40. The van der Waals surface area contributed by atoms with Crippen LogP contribution in [-0.2, 0) is 6.42 Å². The molecule has 1 aliphatic carbocycles. The van der Waals surface area contributed by atoms with Crippen molar-refractivity contribution in [3.63, 3.8) is 0 Å². The van der Waals surface area contributed by atoms with Gasteiger partial charge < -0.3 is 20.0 Å². The molecule has 200 valence electrons. The zero-order valence-corrected chi connectivity index (χ0v) is 22.4. The third-order valence-corrected chi connectivity index (χ3v) is 9.42. The monoisotopic (exact) mass is 544 g/mol. The van der Waals surface area contributed by atoms with Crippen LogP contribution in [0.2, 0.25) is 0 Å². The molecule has 2 fully saturated rings. The number of fused-ring (bicyclic) bond motifs is 2. The minimum absolute atomic E-state index is 0.0410. The van der Waals surface area contributed by atoms with Crippen LogP contribution < -0.4 is 4.90 Å². The van der Waals surface area contributed by atoms with Gasteiger partial charge in [0, 0.05) is 30.9 Å². The Kier molecular flexibility index (Phi) is 5.91. The van der Waals surface area contributed by atoms with Gasteiger partial charge in [0.1, 0.15) is 16.5 Å². The first-order chi connectivity index (χ1) is 18.9. The number of aliphatic hydroxyl groups is 2. The van der Waals surface area contributed by atoms with E-state index in [0.29, 0.717) is 40.1 Å². The maximum atomic E-state index is 15.3. The lowest BCUT2D eigenvalue weighted by molar-refractivity contribution is 0.0572. The number of pyridine rings is 1. The van der Waals surface area contributed by atoms with E-state index in [0.717, 1.165) is 29.5 Å². The topological polar surface area (TPSA) is 89.8 Å². The number of rotatable bonds is 4. The fraction of sp³-hybridized carbons (Fsp3) is 0.367. The number of halogens is 1. The maximum Gasteiger partial charge on any atom is 0.273 e. The van der Waals surface area contributed by atoms with Crippen molar-refractivity contribution in [2.45, 2.75) is 50.4 Å². The molecule has 7 nitrogen and oxygen atoms in total. The van der Waals surface area contributed by atoms with Gasteiger partial charge in [-0.25, -0.2) is 14.4 Å². The highest BCUT2D eigenvalue weighted by atomic mass is 32.1. The van der Waals surface area contributed by atoms with Crippen LogP contribution in [-0.4, -0.2) is 62.8 Å². The van der Waals surface area contributed by atoms with Crippen molar-refractivity contribution in [3.8, 4) is 10.6 Å². The van der Waals surface area contributed by atoms with Gasteiger partial charge in [0.05, 0.1) is 22.9 Å². The van der Waals surface area contributed by atoms with Crippen LogP contribution in [0, 0.1) is 5.82 Å². The number of carbonyl (C=O) groups excluding carboxylic acids is 1. The van der Waals surface area contributed by atoms with E-state index in [4.69, 9.17) is 9.97 Å². The van der Waals surface area contributed by atoms with Gasteiger partial charge in [0.15, 0.2) is 5.65 Å². The second-order valence-corrected chi connectivity index (χ2v) is 11.9. The van der Waals surface area contributed by atoms with Crippen LogP contribution in [0.25, 0.3) is 20.9 Å². The summed E-state index contributed by atoms with van der Waals surface area (Å²) in [6.45, 7) is 3.22. The molecule has 7 rings (SSSR count). The quantitative estimate of drug-likeness (QED) is 0.388. The van der Waals surface area contributed by atoms with Gasteiger partial charge in [0.25, 0.3) is 5.91 Å². The molecular formula is C30H29FN4O3S. The molecule has 9 heteroatoms. The Morgan fingerprint density at radius 3 is 2.54 bits per heavy atom. The first-order valence-electron chi connectivity index (χ1n) is 13.5. The molecule has 2 aromatic carbocycles. The summed E-state index contributed by atoms with van der Waals surface area (Å²) in [6.07, 6.45) is 1.25. The summed E-state index contributed by atoms with van der Waals surface area (Å²) < 4.78 is 16.2. The van der Waals surface area contributed by atoms with Gasteiger partial charge in [0.2, 0.25) is 0 Å². The predicted octanol–water partition coefficient (Wildman–Crippen LogP) is 4.68. The van der Waals surface area contributed by atoms with Crippen molar-refractivity contribution in [3.05, 3.63) is 76.7 Å². The SMILES string of the molecule is C[C@@H]1c2ccccc2CCN1C(=O)c1cc(C2CC2)c2sc(-c3ccc(N4C[C@H](O)[C@@H](O)C4)cc3F)nc2n1. The first-order valence-corrected chi connectivity index (χ1v) is 14.3. The molecule has 2 N–H and O–H groups in total. The molecule has 0 bridgehead atoms. The van der Waals surface area contributed by atoms with E-state index in [1.807, 2.05) is 23.1 Å². The minimum atomic E-state index is -0.844. The van der Waals surface area contributed by atoms with Crippen molar-refractivity contribution in [2.24, 2.45) is 0 Å². The third-order valence-electron chi connectivity index (χ3n) is 8.29. The highest BCUT2D eigenvalue weighted by Gasteiger charge is 2.33. The lowest BCUT2D eigenvalue weighted by Crippen LogP contribution is -2.39. The first kappa shape index (κ1) is 24.6. The molecule has 0 spiro atoms. The number of carbonyl (C=O) groups is 1. The van der Waals surface area contributed by atoms with Crippen molar-refractivity contribution < 1.29 is 19.4 Å². The van der Waals surface area contributed by atoms with Crippen LogP contribution in [0.3, 0.4) is 0 Å². The van der Waals surface area contributed by atoms with Crippen molar-refractivity contribution >= 4 is 33.3 Å². The van der Waals surface area contributed by atoms with E-state index >= 15 is 4.39 Å². The molecule has 39 heavy (non-hydrogen) atoms. The zero-order valence-electron chi connectivity index (χ0n) is 21.5. The van der Waals surface area contributed by atoms with Crippen LogP contribution in [0.15, 0.2) is 48.5 Å². The van der Waals surface area contributed by atoms with E-state index in [1.54, 1.807) is 17.0 Å². The molecule has 2 aromatic heterocycles. The number of benzene rings is 2. The molecule has 4 aromatic rings. The average Bonchev–Trinajstić information content (AvgIpc) is 3.61. The molecule has 1 saturated heterocycles. The molecule has 4 heterocycles. The van der Waals surface area contributed by atoms with Crippen LogP contribution in [0.1, 0.15) is 58.9 Å². The Morgan fingerprint density at radius 2 is 1.79 bits per heavy atom. The average molecular weight is 545 g/mol. The van der Waals surface area contributed by atoms with Gasteiger partial charge >= 0.3 is 0 Å². The second-order valence-electron chi connectivity index (χ2n) is 10.9. The smallest absolute Gasteiger partial charge is 0.273 e. The second kappa shape index (κ2) is 9.36. The van der Waals surface area contributed by atoms with Gasteiger partial charge in [-0.3, -0.25) is 4.79 Å². The predicted molar refractivity (Wildman–Crippen MR) is 149 cm³/mol. The Morgan fingerprint density at radius 1 is 1.03 bits per heavy atom. The fourth-order valence-electron chi connectivity index (χ4n) is 5.91. The van der Waals surface area contributed by atoms with Gasteiger partial charge in [-0.1, -0.05) is 24.3 Å². The number of thiazole rings is 1. The van der Waals surface area contributed by atoms with E-state index in [2.05, 4.69) is 19.1 Å². The molecule has 3 atom stereocenters. The van der Waals surface area contributed by atoms with E-state index < -0.39 is 18.0 Å². The largest absolute Gasteiger partial charge is 0.389 e. The number of amides is 1. The number of hydrogen-bond donors (Lipinski definition) is 2. The molecule has 1 amide bonds. The lowest BCUT2D eigenvalue weighted by Gasteiger charge is -2.35. The van der Waals surface area contributed by atoms with Crippen molar-refractivity contribution in [2.75, 3.05) is 24.5 Å². The Hall–Kier alpha value is -3.40. The number of anilines is 1. The third kappa shape index (κ3) is 4.29. The van der Waals surface area contributed by atoms with Crippen LogP contribution in [0.5, 0.6) is 0 Å². The van der Waals surface area contributed by atoms with Gasteiger partial charge in [-0.2, -0.15) is 0 Å². The molecule has 0 unspecified atom stereocenters. The van der Waals surface area contributed by atoms with Crippen molar-refractivity contribution in [1.29, 1.82) is 0 Å². The summed E-state index contributed by atoms with van der Waals surface area (Å²) >= 11 is 1.41. The molecule has 1 saturated carbocycles. The standard InChI is InChI=1S/C30H29FN4O3S/c1-16-20-5-3-2-4-17(20)10-11-35(16)30(38)24-13-22(18-6-7-18)27-28(32-24)33-29(39-27)21-9-8-19(12-23(21)31)34-14-25(36)26(37)15-34/h2-5,8-9,12-13,16,18,25-26,36-37H,6-7,10-11,14-15H2,1H3/t16-,25+,26+/m1/s1. The Labute approximate surface area is 229 Å². The number of aromatic nitrogens is 2. The number of β-amino-alcohol motifs (C(OH)–C–C–N with tert-alkyl or cyclic N) is 2. The van der Waals surface area contributed by atoms with Gasteiger partial charge in [-0.15, -0.1) is 11.3 Å². The summed E-state index contributed by atoms with van der Waals surface area (Å²) in [7, 11) is 0. The number of nitrogens with zero attached hydrogens (tertiary/aromatic N) is 4. The van der Waals surface area contributed by atoms with Gasteiger partial charge in [-0.05, 0) is 73.1 Å². The molecule has 0 radical (unpaired) electrons. The van der Waals surface area contributed by atoms with Crippen LogP contribution >= 0.6 is 11.3 Å². The van der Waals surface area contributed by atoms with Crippen LogP contribution in [0.4, 0.5) is 10.1 Å². The summed E-state index contributed by atoms with van der Waals surface area (Å²) in [4.78, 5) is 26.8. The molecule has 2 aliphatic heterocycles. The highest BCUT2D eigenvalue weighted by Crippen LogP contribution is 2.46. The van der Waals surface area contributed by atoms with E-state index in [1.165, 1.54) is 28.5 Å². The van der Waals surface area contributed by atoms with Crippen molar-refractivity contribution in [1.82, 2.24) is 14.9 Å². The highest BCUT2D eigenvalue weighted by molar-refractivity contribution is 7.21. The number of aliphatic hydroxyl groups excluding tert-OH is 2. The summed E-state index contributed by atoms with van der Waals surface area (Å²) in [5.74, 6) is -0.150. The summed E-state index contributed by atoms with van der Waals surface area (Å²) in [5, 5.41) is 20.2. The molecule has 3 aliphatic rings. The van der Waals surface area contributed by atoms with E-state index in [-0.39, 0.29) is 25.0 Å². The van der Waals surface area contributed by atoms with E-state index in [9.17, 15) is 15.0 Å². The number of hydrogen-bond acceptors (Lipinski definition) is 7. The Bertz CT molecular complexity index is 1590. The normalized spacial score (nSPS) is 22.9. The Balaban J connectivity index is 1.22. The maximum absolute atomic E-state index is 15.3. The summed E-state index contributed by atoms with van der Waals surface area (Å²) in [6, 6.07) is 15.1.